The quantitative estimate of drug-likeness (QED) is 0.846. The highest BCUT2D eigenvalue weighted by atomic mass is 32.2. The summed E-state index contributed by atoms with van der Waals surface area (Å²) in [6, 6.07) is 5.24. The highest BCUT2D eigenvalue weighted by Gasteiger charge is 2.29. The molecule has 0 aliphatic rings. The molecule has 0 spiro atoms. The molecule has 1 aromatic rings. The van der Waals surface area contributed by atoms with Gasteiger partial charge in [-0.05, 0) is 33.8 Å². The number of hydrogen-bond donors (Lipinski definition) is 1. The van der Waals surface area contributed by atoms with E-state index in [4.69, 9.17) is 9.47 Å². The van der Waals surface area contributed by atoms with Gasteiger partial charge in [0.05, 0.1) is 25.8 Å². The van der Waals surface area contributed by atoms with Gasteiger partial charge in [0.15, 0.2) is 0 Å². The first kappa shape index (κ1) is 17.6. The fourth-order valence-corrected chi connectivity index (χ4v) is 2.55. The van der Waals surface area contributed by atoms with Gasteiger partial charge in [-0.3, -0.25) is 0 Å². The average Bonchev–Trinajstić information content (AvgIpc) is 2.44. The van der Waals surface area contributed by atoms with Gasteiger partial charge in [0.25, 0.3) is 0 Å². The Bertz CT molecular complexity index is 535. The Morgan fingerprint density at radius 1 is 1.24 bits per heavy atom. The third-order valence-corrected chi connectivity index (χ3v) is 4.66. The van der Waals surface area contributed by atoms with Crippen molar-refractivity contribution in [2.45, 2.75) is 38.5 Å². The topological polar surface area (TPSA) is 77.3 Å². The van der Waals surface area contributed by atoms with Crippen molar-refractivity contribution >= 4 is 11.4 Å². The zero-order chi connectivity index (χ0) is 16.2. The molecule has 5 nitrogen and oxygen atoms in total. The van der Waals surface area contributed by atoms with Crippen LogP contribution in [-0.2, 0) is 11.4 Å². The number of methoxy groups -OCH3 is 2. The van der Waals surface area contributed by atoms with Gasteiger partial charge in [-0.15, -0.1) is 4.72 Å². The molecule has 0 amide bonds. The van der Waals surface area contributed by atoms with Crippen LogP contribution in [-0.4, -0.2) is 23.5 Å². The first-order valence-corrected chi connectivity index (χ1v) is 7.73. The molecular weight excluding hydrogens is 288 g/mol. The highest BCUT2D eigenvalue weighted by molar-refractivity contribution is 7.90. The lowest BCUT2D eigenvalue weighted by atomic mass is 10.0. The van der Waals surface area contributed by atoms with Crippen LogP contribution >= 0.6 is 0 Å². The predicted octanol–water partition coefficient (Wildman–Crippen LogP) is 2.69. The molecule has 0 aliphatic carbocycles. The van der Waals surface area contributed by atoms with E-state index in [9.17, 15) is 9.81 Å². The molecule has 116 valence electrons. The molecule has 1 unspecified atom stereocenters. The van der Waals surface area contributed by atoms with Crippen LogP contribution in [0.1, 0.15) is 44.9 Å². The molecule has 1 rings (SSSR count). The SMILES string of the molecule is COc1cc(OC)c([C@H](C)N[S+]([O-])C(C)(C)C)cc1C#N. The van der Waals surface area contributed by atoms with Gasteiger partial charge >= 0.3 is 0 Å². The third kappa shape index (κ3) is 4.27. The lowest BCUT2D eigenvalue weighted by molar-refractivity contribution is 0.387. The van der Waals surface area contributed by atoms with Crippen molar-refractivity contribution < 1.29 is 14.0 Å². The minimum atomic E-state index is -1.21. The minimum absolute atomic E-state index is 0.224. The molecule has 21 heavy (non-hydrogen) atoms. The van der Waals surface area contributed by atoms with Gasteiger partial charge < -0.3 is 14.0 Å². The fraction of sp³-hybridized carbons (Fsp3) is 0.533. The van der Waals surface area contributed by atoms with Gasteiger partial charge in [0.1, 0.15) is 22.3 Å². The zero-order valence-corrected chi connectivity index (χ0v) is 14.1. The Labute approximate surface area is 129 Å². The standard InChI is InChI=1S/C15H22N2O3S/c1-10(17-21(18)15(2,3)4)12-7-11(9-16)13(19-5)8-14(12)20-6/h7-8,10,17H,1-6H3/t10-,21?/m0/s1. The van der Waals surface area contributed by atoms with E-state index >= 15 is 0 Å². The number of nitrogens with one attached hydrogen (secondary N) is 1. The molecule has 0 radical (unpaired) electrons. The van der Waals surface area contributed by atoms with Gasteiger partial charge in [0, 0.05) is 23.0 Å². The summed E-state index contributed by atoms with van der Waals surface area (Å²) in [7, 11) is 3.06. The van der Waals surface area contributed by atoms with Crippen LogP contribution in [0.25, 0.3) is 0 Å². The second kappa shape index (κ2) is 7.03. The summed E-state index contributed by atoms with van der Waals surface area (Å²) in [5.41, 5.74) is 1.19. The Kier molecular flexibility index (Phi) is 5.90. The summed E-state index contributed by atoms with van der Waals surface area (Å²) >= 11 is -1.21. The molecule has 1 N–H and O–H groups in total. The van der Waals surface area contributed by atoms with Gasteiger partial charge in [0.2, 0.25) is 0 Å². The molecule has 0 saturated heterocycles. The molecule has 0 saturated carbocycles. The van der Waals surface area contributed by atoms with Gasteiger partial charge in [-0.1, -0.05) is 0 Å². The second-order valence-electron chi connectivity index (χ2n) is 5.63. The third-order valence-electron chi connectivity index (χ3n) is 2.98. The summed E-state index contributed by atoms with van der Waals surface area (Å²) in [6.07, 6.45) is 0. The molecule has 0 heterocycles. The smallest absolute Gasteiger partial charge is 0.140 e. The number of hydrogen-bond acceptors (Lipinski definition) is 5. The van der Waals surface area contributed by atoms with E-state index in [-0.39, 0.29) is 10.8 Å². The van der Waals surface area contributed by atoms with Crippen LogP contribution in [0.3, 0.4) is 0 Å². The van der Waals surface area contributed by atoms with Crippen molar-refractivity contribution in [1.82, 2.24) is 4.72 Å². The maximum absolute atomic E-state index is 12.2. The van der Waals surface area contributed by atoms with Gasteiger partial charge in [-0.25, -0.2) is 0 Å². The van der Waals surface area contributed by atoms with Crippen LogP contribution in [0.5, 0.6) is 11.5 Å². The summed E-state index contributed by atoms with van der Waals surface area (Å²) in [6.45, 7) is 7.58. The van der Waals surface area contributed by atoms with E-state index in [1.165, 1.54) is 7.11 Å². The van der Waals surface area contributed by atoms with Crippen molar-refractivity contribution in [2.75, 3.05) is 14.2 Å². The largest absolute Gasteiger partial charge is 0.598 e. The summed E-state index contributed by atoms with van der Waals surface area (Å²) in [5.74, 6) is 1.05. The van der Waals surface area contributed by atoms with Gasteiger partial charge in [-0.2, -0.15) is 5.26 Å². The lowest BCUT2D eigenvalue weighted by Crippen LogP contribution is -2.40. The zero-order valence-electron chi connectivity index (χ0n) is 13.3. The monoisotopic (exact) mass is 310 g/mol. The highest BCUT2D eigenvalue weighted by Crippen LogP contribution is 2.33. The maximum atomic E-state index is 12.2. The van der Waals surface area contributed by atoms with E-state index in [2.05, 4.69) is 10.8 Å². The molecule has 0 aromatic heterocycles. The number of nitriles is 1. The Morgan fingerprint density at radius 3 is 2.24 bits per heavy atom. The molecular formula is C15H22N2O3S. The molecule has 0 bridgehead atoms. The van der Waals surface area contributed by atoms with Crippen LogP contribution < -0.4 is 14.2 Å². The number of benzene rings is 1. The normalized spacial score (nSPS) is 14.2. The van der Waals surface area contributed by atoms with Crippen molar-refractivity contribution in [3.05, 3.63) is 23.3 Å². The number of rotatable bonds is 5. The van der Waals surface area contributed by atoms with E-state index in [1.807, 2.05) is 27.7 Å². The Balaban J connectivity index is 3.14. The van der Waals surface area contributed by atoms with E-state index < -0.39 is 11.4 Å². The first-order chi connectivity index (χ1) is 9.74. The summed E-state index contributed by atoms with van der Waals surface area (Å²) < 4.78 is 25.4. The van der Waals surface area contributed by atoms with Crippen LogP contribution in [0.4, 0.5) is 0 Å². The number of ether oxygens (including phenoxy) is 2. The van der Waals surface area contributed by atoms with Crippen molar-refractivity contribution in [1.29, 1.82) is 5.26 Å². The van der Waals surface area contributed by atoms with Crippen molar-refractivity contribution in [3.63, 3.8) is 0 Å². The molecule has 1 aromatic carbocycles. The molecule has 0 aliphatic heterocycles. The van der Waals surface area contributed by atoms with Crippen LogP contribution in [0.2, 0.25) is 0 Å². The lowest BCUT2D eigenvalue weighted by Gasteiger charge is -2.27. The van der Waals surface area contributed by atoms with E-state index in [0.717, 1.165) is 5.56 Å². The first-order valence-electron chi connectivity index (χ1n) is 6.58. The predicted molar refractivity (Wildman–Crippen MR) is 83.7 cm³/mol. The Morgan fingerprint density at radius 2 is 1.81 bits per heavy atom. The van der Waals surface area contributed by atoms with E-state index in [1.54, 1.807) is 19.2 Å². The van der Waals surface area contributed by atoms with Crippen LogP contribution in [0.15, 0.2) is 12.1 Å². The molecule has 2 atom stereocenters. The summed E-state index contributed by atoms with van der Waals surface area (Å²) in [5, 5.41) is 9.18. The minimum Gasteiger partial charge on any atom is -0.598 e. The Hall–Kier alpha value is -1.42. The van der Waals surface area contributed by atoms with Crippen LogP contribution in [0, 0.1) is 11.3 Å². The van der Waals surface area contributed by atoms with E-state index in [0.29, 0.717) is 17.1 Å². The second-order valence-corrected chi connectivity index (χ2v) is 7.62. The average molecular weight is 310 g/mol. The fourth-order valence-electron chi connectivity index (χ4n) is 1.75. The molecule has 6 heteroatoms. The maximum Gasteiger partial charge on any atom is 0.140 e. The van der Waals surface area contributed by atoms with Crippen molar-refractivity contribution in [3.8, 4) is 17.6 Å². The number of nitrogens with zero attached hydrogens (tertiary/aromatic N) is 1. The molecule has 0 fully saturated rings. The summed E-state index contributed by atoms with van der Waals surface area (Å²) in [4.78, 5) is 0. The van der Waals surface area contributed by atoms with Crippen molar-refractivity contribution in [2.24, 2.45) is 0 Å².